The highest BCUT2D eigenvalue weighted by atomic mass is 35.5. The first-order valence-electron chi connectivity index (χ1n) is 17.2. The minimum absolute atomic E-state index is 0.248. The van der Waals surface area contributed by atoms with Gasteiger partial charge in [-0.05, 0) is 70.1 Å². The van der Waals surface area contributed by atoms with Crippen molar-refractivity contribution in [3.63, 3.8) is 0 Å². The van der Waals surface area contributed by atoms with Gasteiger partial charge in [-0.3, -0.25) is 18.4 Å². The zero-order valence-electron chi connectivity index (χ0n) is 27.4. The van der Waals surface area contributed by atoms with E-state index < -0.39 is 0 Å². The zero-order valence-corrected chi connectivity index (χ0v) is 30.4. The molecule has 0 aliphatic heterocycles. The van der Waals surface area contributed by atoms with Gasteiger partial charge in [0.15, 0.2) is 0 Å². The Balaban J connectivity index is 1.27. The van der Waals surface area contributed by atoms with Gasteiger partial charge in [-0.1, -0.05) is 94.9 Å². The molecule has 252 valence electrons. The molecule has 9 aromatic carbocycles. The molecule has 0 bridgehead atoms. The molecule has 4 heterocycles. The third kappa shape index (κ3) is 3.34. The van der Waals surface area contributed by atoms with Crippen LogP contribution < -0.4 is 11.1 Å². The third-order valence-corrected chi connectivity index (χ3v) is 12.7. The monoisotopic (exact) mass is 772 g/mol. The Labute approximate surface area is 320 Å². The Morgan fingerprint density at radius 1 is 0.389 bits per heavy atom. The van der Waals surface area contributed by atoms with E-state index in [2.05, 4.69) is 0 Å². The van der Waals surface area contributed by atoms with E-state index in [4.69, 9.17) is 56.4 Å². The fourth-order valence-corrected chi connectivity index (χ4v) is 10.5. The number of hydrogen-bond acceptors (Lipinski definition) is 4. The smallest absolute Gasteiger partial charge is 0.264 e. The molecule has 10 heteroatoms. The van der Waals surface area contributed by atoms with E-state index in [1.165, 1.54) is 0 Å². The molecule has 54 heavy (non-hydrogen) atoms. The zero-order chi connectivity index (χ0) is 36.0. The average molecular weight is 774 g/mol. The Morgan fingerprint density at radius 3 is 1.09 bits per heavy atom. The molecule has 13 aromatic rings. The lowest BCUT2D eigenvalue weighted by atomic mass is 9.86. The van der Waals surface area contributed by atoms with Crippen LogP contribution in [-0.2, 0) is 0 Å². The minimum Gasteiger partial charge on any atom is -0.268 e. The fourth-order valence-electron chi connectivity index (χ4n) is 9.35. The normalized spacial score (nSPS) is 13.0. The summed E-state index contributed by atoms with van der Waals surface area (Å²) in [6.07, 6.45) is 0. The summed E-state index contributed by atoms with van der Waals surface area (Å²) in [5.74, 6) is 0. The number of benzene rings is 9. The van der Waals surface area contributed by atoms with Crippen LogP contribution in [-0.4, -0.2) is 18.8 Å². The van der Waals surface area contributed by atoms with Gasteiger partial charge >= 0.3 is 0 Å². The van der Waals surface area contributed by atoms with Crippen LogP contribution >= 0.6 is 46.4 Å². The van der Waals surface area contributed by atoms with Crippen molar-refractivity contribution >= 4 is 166 Å². The first kappa shape index (κ1) is 29.7. The van der Waals surface area contributed by atoms with Crippen molar-refractivity contribution in [3.8, 4) is 0 Å². The van der Waals surface area contributed by atoms with Crippen LogP contribution in [0.1, 0.15) is 0 Å². The standard InChI is InChI=1S/C44H16Cl4N4O2/c45-25-13-21-33-23(43(53)51-31-11-19-7-3-1-5-17(19)9-29(31)49-41(21)51)15-27(47)37-38-28(48)16-24-34-22(14-26(46)36(40(34)38)35(25)39(33)37)42-50-30-10-18-6-2-4-8-20(18)12-32(30)52(42)44(24)54/h1-16H. The third-order valence-electron chi connectivity index (χ3n) is 11.5. The molecular weight excluding hydrogens is 758 g/mol. The van der Waals surface area contributed by atoms with Crippen LogP contribution in [0.4, 0.5) is 0 Å². The summed E-state index contributed by atoms with van der Waals surface area (Å²) < 4.78 is 3.30. The van der Waals surface area contributed by atoms with Crippen LogP contribution in [0.3, 0.4) is 0 Å². The highest BCUT2D eigenvalue weighted by Crippen LogP contribution is 2.53. The largest absolute Gasteiger partial charge is 0.268 e. The van der Waals surface area contributed by atoms with Gasteiger partial charge in [0.05, 0.1) is 32.8 Å². The summed E-state index contributed by atoms with van der Waals surface area (Å²) in [6.45, 7) is 0. The van der Waals surface area contributed by atoms with E-state index in [0.29, 0.717) is 118 Å². The van der Waals surface area contributed by atoms with E-state index in [9.17, 15) is 9.59 Å². The van der Waals surface area contributed by atoms with Gasteiger partial charge in [0, 0.05) is 74.0 Å². The maximum atomic E-state index is 14.6. The van der Waals surface area contributed by atoms with Crippen molar-refractivity contribution in [3.05, 3.63) is 138 Å². The van der Waals surface area contributed by atoms with Gasteiger partial charge in [0.25, 0.3) is 11.1 Å². The van der Waals surface area contributed by atoms with E-state index in [1.807, 2.05) is 84.9 Å². The lowest BCUT2D eigenvalue weighted by Gasteiger charge is -2.21. The number of halogens is 4. The van der Waals surface area contributed by atoms with Gasteiger partial charge < -0.3 is 0 Å². The Morgan fingerprint density at radius 2 is 0.722 bits per heavy atom. The lowest BCUT2D eigenvalue weighted by Crippen LogP contribution is -2.14. The first-order valence-corrected chi connectivity index (χ1v) is 18.7. The van der Waals surface area contributed by atoms with Crippen LogP contribution in [0.2, 0.25) is 20.1 Å². The van der Waals surface area contributed by atoms with Gasteiger partial charge in [-0.2, -0.15) is 0 Å². The summed E-state index contributed by atoms with van der Waals surface area (Å²) in [7, 11) is 0. The predicted molar refractivity (Wildman–Crippen MR) is 225 cm³/mol. The van der Waals surface area contributed by atoms with E-state index in [0.717, 1.165) is 21.5 Å². The summed E-state index contributed by atoms with van der Waals surface area (Å²) >= 11 is 29.3. The molecule has 6 nitrogen and oxygen atoms in total. The van der Waals surface area contributed by atoms with Gasteiger partial charge in [0.2, 0.25) is 0 Å². The van der Waals surface area contributed by atoms with Gasteiger partial charge in [-0.25, -0.2) is 9.97 Å². The maximum Gasteiger partial charge on any atom is 0.264 e. The number of pyridine rings is 2. The molecule has 13 rings (SSSR count). The van der Waals surface area contributed by atoms with Crippen LogP contribution in [0.15, 0.2) is 107 Å². The number of hydrogen-bond donors (Lipinski definition) is 0. The summed E-state index contributed by atoms with van der Waals surface area (Å²) in [6, 6.07) is 31.1. The molecule has 0 radical (unpaired) electrons. The molecule has 0 unspecified atom stereocenters. The van der Waals surface area contributed by atoms with Crippen molar-refractivity contribution in [2.45, 2.75) is 0 Å². The number of aromatic nitrogens is 4. The molecule has 0 saturated heterocycles. The number of rotatable bonds is 0. The summed E-state index contributed by atoms with van der Waals surface area (Å²) in [5, 5.41) is 12.9. The fraction of sp³-hybridized carbons (Fsp3) is 0. The highest BCUT2D eigenvalue weighted by molar-refractivity contribution is 6.56. The van der Waals surface area contributed by atoms with E-state index in [1.54, 1.807) is 20.9 Å². The first-order chi connectivity index (χ1) is 26.3. The van der Waals surface area contributed by atoms with E-state index in [-0.39, 0.29) is 11.1 Å². The molecule has 0 aliphatic carbocycles. The van der Waals surface area contributed by atoms with Crippen molar-refractivity contribution in [1.29, 1.82) is 0 Å². The minimum atomic E-state index is -0.248. The van der Waals surface area contributed by atoms with Crippen molar-refractivity contribution in [2.24, 2.45) is 0 Å². The van der Waals surface area contributed by atoms with Crippen molar-refractivity contribution < 1.29 is 0 Å². The predicted octanol–water partition coefficient (Wildman–Crippen LogP) is 12.2. The molecule has 0 spiro atoms. The van der Waals surface area contributed by atoms with Gasteiger partial charge in [0.1, 0.15) is 11.3 Å². The maximum absolute atomic E-state index is 14.6. The van der Waals surface area contributed by atoms with Gasteiger partial charge in [-0.15, -0.1) is 0 Å². The molecular formula is C44H16Cl4N4O2. The van der Waals surface area contributed by atoms with Crippen LogP contribution in [0, 0.1) is 0 Å². The number of imidazole rings is 2. The second kappa shape index (κ2) is 9.66. The quantitative estimate of drug-likeness (QED) is 0.114. The molecule has 4 aromatic heterocycles. The van der Waals surface area contributed by atoms with Crippen molar-refractivity contribution in [2.75, 3.05) is 0 Å². The lowest BCUT2D eigenvalue weighted by molar-refractivity contribution is 1.19. The SMILES string of the molecule is O=c1c2cc(Cl)c3c4c(Cl)cc5c(=O)n6c7cc8ccccc8cc7nc6c6cc(Cl)c(c7c(Cl)cc(c2c37)c2nc3cc7ccccc7cc3n12)c4c56. The topological polar surface area (TPSA) is 68.7 Å². The summed E-state index contributed by atoms with van der Waals surface area (Å²) in [4.78, 5) is 39.3. The molecule has 0 aliphatic rings. The summed E-state index contributed by atoms with van der Waals surface area (Å²) in [5.41, 5.74) is 3.26. The second-order valence-corrected chi connectivity index (χ2v) is 15.8. The molecule has 0 fully saturated rings. The van der Waals surface area contributed by atoms with Crippen LogP contribution in [0.5, 0.6) is 0 Å². The Bertz CT molecular complexity index is 3780. The Hall–Kier alpha value is -5.76. The average Bonchev–Trinajstić information content (AvgIpc) is 3.73. The van der Waals surface area contributed by atoms with Crippen molar-refractivity contribution in [1.82, 2.24) is 18.8 Å². The molecule has 0 atom stereocenters. The number of nitrogens with zero attached hydrogens (tertiary/aromatic N) is 4. The molecule has 0 N–H and O–H groups in total. The number of fused-ring (bicyclic) bond motifs is 12. The van der Waals surface area contributed by atoms with Crippen LogP contribution in [0.25, 0.3) is 120 Å². The van der Waals surface area contributed by atoms with E-state index >= 15 is 0 Å². The molecule has 0 amide bonds. The second-order valence-electron chi connectivity index (χ2n) is 14.2. The highest BCUT2D eigenvalue weighted by Gasteiger charge is 2.29. The molecule has 0 saturated carbocycles. The Kier molecular flexibility index (Phi) is 5.31.